The zero-order valence-electron chi connectivity index (χ0n) is 10.5. The van der Waals surface area contributed by atoms with Gasteiger partial charge in [-0.25, -0.2) is 4.57 Å². The van der Waals surface area contributed by atoms with E-state index in [-0.39, 0.29) is 0 Å². The molecule has 0 amide bonds. The van der Waals surface area contributed by atoms with Crippen molar-refractivity contribution in [2.75, 3.05) is 0 Å². The van der Waals surface area contributed by atoms with Crippen LogP contribution in [0.3, 0.4) is 0 Å². The molecular weight excluding hydrogens is 206 g/mol. The molecule has 0 aliphatic rings. The van der Waals surface area contributed by atoms with Crippen LogP contribution in [0.15, 0.2) is 54.9 Å². The van der Waals surface area contributed by atoms with Crippen LogP contribution in [0.4, 0.5) is 0 Å². The van der Waals surface area contributed by atoms with Gasteiger partial charge in [-0.15, -0.1) is 0 Å². The van der Waals surface area contributed by atoms with E-state index in [0.29, 0.717) is 0 Å². The summed E-state index contributed by atoms with van der Waals surface area (Å²) >= 11 is 0. The van der Waals surface area contributed by atoms with Gasteiger partial charge >= 0.3 is 0 Å². The molecule has 0 N–H and O–H groups in total. The average molecular weight is 226 g/mol. The Hall–Kier alpha value is -1.63. The number of aryl methyl sites for hydroxylation is 1. The van der Waals surface area contributed by atoms with E-state index in [1.807, 2.05) is 0 Å². The second kappa shape index (κ2) is 6.19. The second-order valence-electron chi connectivity index (χ2n) is 4.47. The van der Waals surface area contributed by atoms with Crippen molar-refractivity contribution in [2.24, 2.45) is 0 Å². The monoisotopic (exact) mass is 226 g/mol. The van der Waals surface area contributed by atoms with Gasteiger partial charge in [0.25, 0.3) is 0 Å². The summed E-state index contributed by atoms with van der Waals surface area (Å²) in [6.45, 7) is 3.20. The Labute approximate surface area is 104 Å². The summed E-state index contributed by atoms with van der Waals surface area (Å²) in [5.74, 6) is 0. The zero-order valence-corrected chi connectivity index (χ0v) is 10.5. The predicted octanol–water partition coefficient (Wildman–Crippen LogP) is 3.37. The van der Waals surface area contributed by atoms with E-state index in [9.17, 15) is 0 Å². The smallest absolute Gasteiger partial charge is 0.173 e. The molecule has 2 aromatic rings. The normalized spacial score (nSPS) is 10.4. The van der Waals surface area contributed by atoms with Crippen LogP contribution in [0.2, 0.25) is 0 Å². The Kier molecular flexibility index (Phi) is 4.31. The van der Waals surface area contributed by atoms with Gasteiger partial charge in [0.05, 0.1) is 0 Å². The Bertz CT molecular complexity index is 448. The van der Waals surface area contributed by atoms with E-state index in [2.05, 4.69) is 66.3 Å². The van der Waals surface area contributed by atoms with E-state index in [0.717, 1.165) is 6.54 Å². The van der Waals surface area contributed by atoms with Gasteiger partial charge < -0.3 is 0 Å². The summed E-state index contributed by atoms with van der Waals surface area (Å²) in [7, 11) is 0. The maximum atomic E-state index is 2.27. The molecule has 0 saturated heterocycles. The topological polar surface area (TPSA) is 3.88 Å². The van der Waals surface area contributed by atoms with Crippen LogP contribution >= 0.6 is 0 Å². The van der Waals surface area contributed by atoms with Crippen LogP contribution in [-0.4, -0.2) is 0 Å². The van der Waals surface area contributed by atoms with Crippen LogP contribution in [0.5, 0.6) is 0 Å². The molecule has 2 rings (SSSR count). The molecular formula is C16H20N+. The predicted molar refractivity (Wildman–Crippen MR) is 70.8 cm³/mol. The van der Waals surface area contributed by atoms with Gasteiger partial charge in [0.1, 0.15) is 0 Å². The molecule has 0 bridgehead atoms. The van der Waals surface area contributed by atoms with Gasteiger partial charge in [0, 0.05) is 17.2 Å². The standard InChI is InChI=1S/C16H20N/c1-2-3-8-15-11-7-12-17(13-15)14-16-9-5-4-6-10-16/h4-7,9-13H,2-3,8,14H2,1H3/q+1. The number of pyridine rings is 1. The number of hydrogen-bond acceptors (Lipinski definition) is 0. The third-order valence-electron chi connectivity index (χ3n) is 2.95. The number of benzene rings is 1. The van der Waals surface area contributed by atoms with Crippen molar-refractivity contribution in [1.82, 2.24) is 0 Å². The molecule has 0 radical (unpaired) electrons. The first-order chi connectivity index (χ1) is 8.38. The molecule has 1 aromatic carbocycles. The highest BCUT2D eigenvalue weighted by Gasteiger charge is 2.03. The number of nitrogens with zero attached hydrogens (tertiary/aromatic N) is 1. The average Bonchev–Trinajstić information content (AvgIpc) is 2.38. The number of hydrogen-bond donors (Lipinski definition) is 0. The quantitative estimate of drug-likeness (QED) is 0.688. The van der Waals surface area contributed by atoms with Crippen molar-refractivity contribution in [3.05, 3.63) is 66.0 Å². The van der Waals surface area contributed by atoms with Crippen molar-refractivity contribution in [1.29, 1.82) is 0 Å². The third-order valence-corrected chi connectivity index (χ3v) is 2.95. The van der Waals surface area contributed by atoms with Gasteiger partial charge in [-0.05, 0) is 18.9 Å². The minimum Gasteiger partial charge on any atom is -0.201 e. The summed E-state index contributed by atoms with van der Waals surface area (Å²) in [6.07, 6.45) is 8.13. The Morgan fingerprint density at radius 3 is 2.47 bits per heavy atom. The maximum Gasteiger partial charge on any atom is 0.173 e. The molecule has 0 fully saturated rings. The SMILES string of the molecule is CCCCc1ccc[n+](Cc2ccccc2)c1. The van der Waals surface area contributed by atoms with Crippen molar-refractivity contribution < 1.29 is 4.57 Å². The van der Waals surface area contributed by atoms with E-state index >= 15 is 0 Å². The largest absolute Gasteiger partial charge is 0.201 e. The maximum absolute atomic E-state index is 2.27. The van der Waals surface area contributed by atoms with Crippen molar-refractivity contribution >= 4 is 0 Å². The lowest BCUT2D eigenvalue weighted by Crippen LogP contribution is -2.33. The lowest BCUT2D eigenvalue weighted by molar-refractivity contribution is -0.688. The van der Waals surface area contributed by atoms with Crippen LogP contribution in [0.25, 0.3) is 0 Å². The first-order valence-corrected chi connectivity index (χ1v) is 6.40. The van der Waals surface area contributed by atoms with Gasteiger partial charge in [-0.1, -0.05) is 43.7 Å². The van der Waals surface area contributed by atoms with E-state index < -0.39 is 0 Å². The van der Waals surface area contributed by atoms with Gasteiger partial charge in [-0.2, -0.15) is 0 Å². The fourth-order valence-corrected chi connectivity index (χ4v) is 2.00. The molecule has 1 heteroatoms. The highest BCUT2D eigenvalue weighted by Crippen LogP contribution is 2.03. The highest BCUT2D eigenvalue weighted by molar-refractivity contribution is 5.13. The molecule has 0 atom stereocenters. The number of unbranched alkanes of at least 4 members (excludes halogenated alkanes) is 1. The lowest BCUT2D eigenvalue weighted by atomic mass is 10.1. The Balaban J connectivity index is 2.06. The molecule has 0 aliphatic carbocycles. The molecule has 17 heavy (non-hydrogen) atoms. The van der Waals surface area contributed by atoms with E-state index in [1.54, 1.807) is 0 Å². The number of rotatable bonds is 5. The Morgan fingerprint density at radius 1 is 0.941 bits per heavy atom. The zero-order chi connectivity index (χ0) is 11.9. The summed E-state index contributed by atoms with van der Waals surface area (Å²) in [4.78, 5) is 0. The van der Waals surface area contributed by atoms with E-state index in [4.69, 9.17) is 0 Å². The van der Waals surface area contributed by atoms with Gasteiger partial charge in [-0.3, -0.25) is 0 Å². The van der Waals surface area contributed by atoms with E-state index in [1.165, 1.54) is 30.4 Å². The highest BCUT2D eigenvalue weighted by atomic mass is 14.9. The molecule has 0 aliphatic heterocycles. The summed E-state index contributed by atoms with van der Waals surface area (Å²) < 4.78 is 2.26. The van der Waals surface area contributed by atoms with Crippen LogP contribution in [0.1, 0.15) is 30.9 Å². The molecule has 0 spiro atoms. The Morgan fingerprint density at radius 2 is 1.71 bits per heavy atom. The first-order valence-electron chi connectivity index (χ1n) is 6.40. The lowest BCUT2D eigenvalue weighted by Gasteiger charge is -2.00. The molecule has 1 heterocycles. The van der Waals surface area contributed by atoms with Crippen LogP contribution in [0, 0.1) is 0 Å². The summed E-state index contributed by atoms with van der Waals surface area (Å²) in [6, 6.07) is 15.0. The fraction of sp³-hybridized carbons (Fsp3) is 0.312. The van der Waals surface area contributed by atoms with Gasteiger partial charge in [0.2, 0.25) is 0 Å². The minimum absolute atomic E-state index is 0.959. The summed E-state index contributed by atoms with van der Waals surface area (Å²) in [5.41, 5.74) is 2.79. The van der Waals surface area contributed by atoms with Crippen LogP contribution in [-0.2, 0) is 13.0 Å². The fourth-order valence-electron chi connectivity index (χ4n) is 2.00. The molecule has 0 saturated carbocycles. The molecule has 1 nitrogen and oxygen atoms in total. The molecule has 0 unspecified atom stereocenters. The minimum atomic E-state index is 0.959. The molecule has 1 aromatic heterocycles. The van der Waals surface area contributed by atoms with Gasteiger partial charge in [0.15, 0.2) is 18.9 Å². The summed E-state index contributed by atoms with van der Waals surface area (Å²) in [5, 5.41) is 0. The first kappa shape index (κ1) is 11.8. The third kappa shape index (κ3) is 3.70. The number of aromatic nitrogens is 1. The van der Waals surface area contributed by atoms with Crippen molar-refractivity contribution in [3.63, 3.8) is 0 Å². The van der Waals surface area contributed by atoms with Crippen molar-refractivity contribution in [2.45, 2.75) is 32.7 Å². The second-order valence-corrected chi connectivity index (χ2v) is 4.47. The van der Waals surface area contributed by atoms with Crippen LogP contribution < -0.4 is 4.57 Å². The molecule has 88 valence electrons. The van der Waals surface area contributed by atoms with Crippen molar-refractivity contribution in [3.8, 4) is 0 Å².